The monoisotopic (exact) mass is 206 g/mol. The third kappa shape index (κ3) is 4.24. The zero-order valence-electron chi connectivity index (χ0n) is 8.86. The van der Waals surface area contributed by atoms with Gasteiger partial charge in [-0.3, -0.25) is 5.32 Å². The second-order valence-corrected chi connectivity index (χ2v) is 3.26. The quantitative estimate of drug-likeness (QED) is 0.534. The number of aromatic nitrogens is 2. The first-order chi connectivity index (χ1) is 7.22. The van der Waals surface area contributed by atoms with Crippen molar-refractivity contribution in [2.24, 2.45) is 0 Å². The molecule has 15 heavy (non-hydrogen) atoms. The number of hydrogen-bond donors (Lipinski definition) is 2. The second kappa shape index (κ2) is 5.78. The Morgan fingerprint density at radius 2 is 2.13 bits per heavy atom. The topological polar surface area (TPSA) is 76.9 Å². The van der Waals surface area contributed by atoms with Crippen LogP contribution in [0.25, 0.3) is 0 Å². The molecule has 2 N–H and O–H groups in total. The zero-order valence-corrected chi connectivity index (χ0v) is 8.86. The number of nitriles is 1. The third-order valence-corrected chi connectivity index (χ3v) is 1.72. The van der Waals surface area contributed by atoms with Gasteiger partial charge < -0.3 is 10.2 Å². The van der Waals surface area contributed by atoms with Crippen LogP contribution in [-0.4, -0.2) is 42.1 Å². The van der Waals surface area contributed by atoms with E-state index in [2.05, 4.69) is 25.5 Å². The summed E-state index contributed by atoms with van der Waals surface area (Å²) in [6.07, 6.45) is 3.22. The Hall–Kier alpha value is -1.87. The molecule has 80 valence electrons. The SMILES string of the molecule is CN(C)CCNc1cc(NC#N)ncn1. The molecule has 0 saturated heterocycles. The highest BCUT2D eigenvalue weighted by Gasteiger charge is 1.97. The normalized spacial score (nSPS) is 9.73. The molecule has 0 aromatic carbocycles. The predicted molar refractivity (Wildman–Crippen MR) is 58.3 cm³/mol. The van der Waals surface area contributed by atoms with Crippen molar-refractivity contribution in [1.82, 2.24) is 14.9 Å². The van der Waals surface area contributed by atoms with E-state index in [4.69, 9.17) is 5.26 Å². The lowest BCUT2D eigenvalue weighted by Gasteiger charge is -2.10. The van der Waals surface area contributed by atoms with E-state index in [0.29, 0.717) is 11.6 Å². The maximum Gasteiger partial charge on any atom is 0.182 e. The molecule has 0 aliphatic rings. The Bertz CT molecular complexity index is 343. The van der Waals surface area contributed by atoms with Gasteiger partial charge in [-0.15, -0.1) is 0 Å². The van der Waals surface area contributed by atoms with Crippen LogP contribution in [0.4, 0.5) is 11.6 Å². The summed E-state index contributed by atoms with van der Waals surface area (Å²) in [5.74, 6) is 1.21. The number of rotatable bonds is 5. The summed E-state index contributed by atoms with van der Waals surface area (Å²) in [5, 5.41) is 14.0. The van der Waals surface area contributed by atoms with Gasteiger partial charge in [-0.1, -0.05) is 0 Å². The fraction of sp³-hybridized carbons (Fsp3) is 0.444. The van der Waals surface area contributed by atoms with Crippen LogP contribution in [0.5, 0.6) is 0 Å². The minimum absolute atomic E-state index is 0.500. The first kappa shape index (κ1) is 11.2. The van der Waals surface area contributed by atoms with Crippen LogP contribution in [0, 0.1) is 11.5 Å². The van der Waals surface area contributed by atoms with Crippen molar-refractivity contribution < 1.29 is 0 Å². The molecule has 0 atom stereocenters. The molecule has 0 saturated carbocycles. The van der Waals surface area contributed by atoms with E-state index in [1.165, 1.54) is 6.33 Å². The Balaban J connectivity index is 2.47. The standard InChI is InChI=1S/C9H14N6/c1-15(2)4-3-11-8-5-9(12-6-10)14-7-13-8/h5,7H,3-4H2,1-2H3,(H2,11,12,13,14). The molecule has 0 aliphatic carbocycles. The summed E-state index contributed by atoms with van der Waals surface area (Å²) in [5.41, 5.74) is 0. The second-order valence-electron chi connectivity index (χ2n) is 3.26. The summed E-state index contributed by atoms with van der Waals surface area (Å²) >= 11 is 0. The van der Waals surface area contributed by atoms with Gasteiger partial charge in [0.15, 0.2) is 6.19 Å². The molecule has 0 bridgehead atoms. The van der Waals surface area contributed by atoms with Gasteiger partial charge in [-0.05, 0) is 14.1 Å². The molecule has 0 amide bonds. The van der Waals surface area contributed by atoms with Crippen molar-refractivity contribution >= 4 is 11.6 Å². The van der Waals surface area contributed by atoms with E-state index in [9.17, 15) is 0 Å². The highest BCUT2D eigenvalue weighted by Crippen LogP contribution is 2.07. The molecule has 1 rings (SSSR count). The molecule has 0 aliphatic heterocycles. The molecule has 0 radical (unpaired) electrons. The Kier molecular flexibility index (Phi) is 4.31. The number of nitrogens with one attached hydrogen (secondary N) is 2. The van der Waals surface area contributed by atoms with Gasteiger partial charge >= 0.3 is 0 Å². The molecule has 0 fully saturated rings. The largest absolute Gasteiger partial charge is 0.369 e. The van der Waals surface area contributed by atoms with Crippen LogP contribution in [0.1, 0.15) is 0 Å². The van der Waals surface area contributed by atoms with E-state index in [1.54, 1.807) is 6.07 Å². The molecule has 1 aromatic heterocycles. The van der Waals surface area contributed by atoms with Crippen LogP contribution in [-0.2, 0) is 0 Å². The van der Waals surface area contributed by atoms with Crippen molar-refractivity contribution in [2.75, 3.05) is 37.8 Å². The van der Waals surface area contributed by atoms with Crippen LogP contribution in [0.3, 0.4) is 0 Å². The summed E-state index contributed by atoms with van der Waals surface area (Å²) in [4.78, 5) is 9.98. The van der Waals surface area contributed by atoms with E-state index in [-0.39, 0.29) is 0 Å². The average molecular weight is 206 g/mol. The highest BCUT2D eigenvalue weighted by atomic mass is 15.1. The maximum atomic E-state index is 8.41. The van der Waals surface area contributed by atoms with Gasteiger partial charge in [-0.2, -0.15) is 5.26 Å². The van der Waals surface area contributed by atoms with Crippen molar-refractivity contribution in [3.8, 4) is 6.19 Å². The smallest absolute Gasteiger partial charge is 0.182 e. The summed E-state index contributed by atoms with van der Waals surface area (Å²) < 4.78 is 0. The molecular weight excluding hydrogens is 192 g/mol. The van der Waals surface area contributed by atoms with Crippen LogP contribution in [0.15, 0.2) is 12.4 Å². The summed E-state index contributed by atoms with van der Waals surface area (Å²) in [6.45, 7) is 1.72. The van der Waals surface area contributed by atoms with E-state index < -0.39 is 0 Å². The number of likely N-dealkylation sites (N-methyl/N-ethyl adjacent to an activating group) is 1. The highest BCUT2D eigenvalue weighted by molar-refractivity contribution is 5.48. The van der Waals surface area contributed by atoms with Crippen molar-refractivity contribution in [1.29, 1.82) is 5.26 Å². The van der Waals surface area contributed by atoms with Gasteiger partial charge in [0.2, 0.25) is 0 Å². The lowest BCUT2D eigenvalue weighted by molar-refractivity contribution is 0.425. The predicted octanol–water partition coefficient (Wildman–Crippen LogP) is 0.343. The van der Waals surface area contributed by atoms with Crippen LogP contribution in [0.2, 0.25) is 0 Å². The Morgan fingerprint density at radius 3 is 2.80 bits per heavy atom. The molecule has 6 nitrogen and oxygen atoms in total. The van der Waals surface area contributed by atoms with E-state index in [0.717, 1.165) is 13.1 Å². The summed E-state index contributed by atoms with van der Waals surface area (Å²) in [7, 11) is 4.01. The van der Waals surface area contributed by atoms with Gasteiger partial charge in [-0.25, -0.2) is 9.97 Å². The van der Waals surface area contributed by atoms with Crippen LogP contribution >= 0.6 is 0 Å². The van der Waals surface area contributed by atoms with Gasteiger partial charge in [0.25, 0.3) is 0 Å². The lowest BCUT2D eigenvalue weighted by atomic mass is 10.5. The molecule has 1 heterocycles. The molecule has 6 heteroatoms. The average Bonchev–Trinajstić information content (AvgIpc) is 2.18. The Morgan fingerprint density at radius 1 is 1.40 bits per heavy atom. The van der Waals surface area contributed by atoms with Crippen molar-refractivity contribution in [2.45, 2.75) is 0 Å². The minimum atomic E-state index is 0.500. The zero-order chi connectivity index (χ0) is 11.1. The fourth-order valence-corrected chi connectivity index (χ4v) is 0.987. The van der Waals surface area contributed by atoms with Crippen molar-refractivity contribution in [3.63, 3.8) is 0 Å². The van der Waals surface area contributed by atoms with Crippen molar-refractivity contribution in [3.05, 3.63) is 12.4 Å². The Labute approximate surface area is 88.9 Å². The fourth-order valence-electron chi connectivity index (χ4n) is 0.987. The van der Waals surface area contributed by atoms with E-state index >= 15 is 0 Å². The number of hydrogen-bond acceptors (Lipinski definition) is 6. The molecule has 0 unspecified atom stereocenters. The molecule has 0 spiro atoms. The van der Waals surface area contributed by atoms with Gasteiger partial charge in [0.05, 0.1) is 0 Å². The molecular formula is C9H14N6. The third-order valence-electron chi connectivity index (χ3n) is 1.72. The first-order valence-electron chi connectivity index (χ1n) is 4.58. The minimum Gasteiger partial charge on any atom is -0.369 e. The van der Waals surface area contributed by atoms with Gasteiger partial charge in [0, 0.05) is 19.2 Å². The van der Waals surface area contributed by atoms with Crippen LogP contribution < -0.4 is 10.6 Å². The maximum absolute atomic E-state index is 8.41. The lowest BCUT2D eigenvalue weighted by Crippen LogP contribution is -2.21. The molecule has 1 aromatic rings. The number of anilines is 2. The van der Waals surface area contributed by atoms with Gasteiger partial charge in [0.1, 0.15) is 18.0 Å². The summed E-state index contributed by atoms with van der Waals surface area (Å²) in [6, 6.07) is 1.69. The number of nitrogens with zero attached hydrogens (tertiary/aromatic N) is 4. The first-order valence-corrected chi connectivity index (χ1v) is 4.58. The van der Waals surface area contributed by atoms with E-state index in [1.807, 2.05) is 20.3 Å².